The number of carbonyl (C=O) groups is 1. The van der Waals surface area contributed by atoms with E-state index in [1.165, 1.54) is 0 Å². The van der Waals surface area contributed by atoms with Crippen molar-refractivity contribution in [1.82, 2.24) is 5.32 Å². The third-order valence-electron chi connectivity index (χ3n) is 4.41. The van der Waals surface area contributed by atoms with E-state index in [1.807, 2.05) is 50.2 Å². The number of amides is 1. The van der Waals surface area contributed by atoms with E-state index >= 15 is 0 Å². The molecule has 0 aromatic heterocycles. The Labute approximate surface area is 167 Å². The van der Waals surface area contributed by atoms with Crippen molar-refractivity contribution in [1.29, 1.82) is 0 Å². The SMILES string of the molecule is CCOc1ccccc1CNC(=O)C(C)N(c1ccc(CC)cc1)S(C)(=O)=O. The van der Waals surface area contributed by atoms with Gasteiger partial charge in [-0.25, -0.2) is 8.42 Å². The number of sulfonamides is 1. The maximum Gasteiger partial charge on any atom is 0.243 e. The summed E-state index contributed by atoms with van der Waals surface area (Å²) in [7, 11) is -3.63. The number of hydrogen-bond acceptors (Lipinski definition) is 4. The fourth-order valence-electron chi connectivity index (χ4n) is 2.96. The molecule has 1 amide bonds. The number of aryl methyl sites for hydroxylation is 1. The Morgan fingerprint density at radius 1 is 1.11 bits per heavy atom. The van der Waals surface area contributed by atoms with Crippen molar-refractivity contribution in [3.8, 4) is 5.75 Å². The third-order valence-corrected chi connectivity index (χ3v) is 5.65. The van der Waals surface area contributed by atoms with Gasteiger partial charge in [0.1, 0.15) is 11.8 Å². The van der Waals surface area contributed by atoms with Crippen LogP contribution in [0.4, 0.5) is 5.69 Å². The Bertz CT molecular complexity index is 895. The van der Waals surface area contributed by atoms with Crippen LogP contribution in [0.5, 0.6) is 5.75 Å². The lowest BCUT2D eigenvalue weighted by Crippen LogP contribution is -2.47. The van der Waals surface area contributed by atoms with Crippen molar-refractivity contribution in [3.05, 3.63) is 59.7 Å². The van der Waals surface area contributed by atoms with Gasteiger partial charge in [0.15, 0.2) is 0 Å². The Balaban J connectivity index is 2.18. The summed E-state index contributed by atoms with van der Waals surface area (Å²) in [6, 6.07) is 13.8. The van der Waals surface area contributed by atoms with E-state index in [0.29, 0.717) is 18.0 Å². The molecule has 28 heavy (non-hydrogen) atoms. The number of benzene rings is 2. The number of nitrogens with zero attached hydrogens (tertiary/aromatic N) is 1. The summed E-state index contributed by atoms with van der Waals surface area (Å²) in [5.74, 6) is 0.323. The van der Waals surface area contributed by atoms with Gasteiger partial charge >= 0.3 is 0 Å². The fraction of sp³-hybridized carbons (Fsp3) is 0.381. The van der Waals surface area contributed by atoms with E-state index in [1.54, 1.807) is 19.1 Å². The van der Waals surface area contributed by atoms with Crippen molar-refractivity contribution in [2.75, 3.05) is 17.2 Å². The maximum atomic E-state index is 12.7. The van der Waals surface area contributed by atoms with Gasteiger partial charge < -0.3 is 10.1 Å². The number of rotatable bonds is 9. The topological polar surface area (TPSA) is 75.7 Å². The Hall–Kier alpha value is -2.54. The molecule has 2 aromatic carbocycles. The first-order chi connectivity index (χ1) is 13.3. The van der Waals surface area contributed by atoms with Gasteiger partial charge in [-0.1, -0.05) is 37.3 Å². The highest BCUT2D eigenvalue weighted by atomic mass is 32.2. The molecule has 0 radical (unpaired) electrons. The molecule has 7 heteroatoms. The number of anilines is 1. The Morgan fingerprint density at radius 2 is 1.75 bits per heavy atom. The zero-order chi connectivity index (χ0) is 20.7. The molecule has 1 atom stereocenters. The predicted octanol–water partition coefficient (Wildman–Crippen LogP) is 3.12. The highest BCUT2D eigenvalue weighted by Gasteiger charge is 2.29. The highest BCUT2D eigenvalue weighted by Crippen LogP contribution is 2.22. The predicted molar refractivity (Wildman–Crippen MR) is 112 cm³/mol. The first kappa shape index (κ1) is 21.8. The number of ether oxygens (including phenoxy) is 1. The minimum atomic E-state index is -3.63. The minimum absolute atomic E-state index is 0.256. The molecule has 0 heterocycles. The van der Waals surface area contributed by atoms with Gasteiger partial charge in [0, 0.05) is 12.1 Å². The molecular weight excluding hydrogens is 376 g/mol. The second-order valence-corrected chi connectivity index (χ2v) is 8.37. The van der Waals surface area contributed by atoms with E-state index in [0.717, 1.165) is 28.1 Å². The second-order valence-electron chi connectivity index (χ2n) is 6.51. The first-order valence-electron chi connectivity index (χ1n) is 9.34. The molecule has 0 saturated heterocycles. The molecule has 0 aliphatic carbocycles. The summed E-state index contributed by atoms with van der Waals surface area (Å²) < 4.78 is 31.5. The fourth-order valence-corrected chi connectivity index (χ4v) is 4.14. The number of carbonyl (C=O) groups excluding carboxylic acids is 1. The van der Waals surface area contributed by atoms with Crippen molar-refractivity contribution in [2.24, 2.45) is 0 Å². The molecule has 2 aromatic rings. The number of para-hydroxylation sites is 1. The molecule has 1 unspecified atom stereocenters. The lowest BCUT2D eigenvalue weighted by molar-refractivity contribution is -0.122. The van der Waals surface area contributed by atoms with Crippen molar-refractivity contribution in [2.45, 2.75) is 39.8 Å². The van der Waals surface area contributed by atoms with Gasteiger partial charge in [-0.3, -0.25) is 9.10 Å². The van der Waals surface area contributed by atoms with Gasteiger partial charge in [-0.2, -0.15) is 0 Å². The Kier molecular flexibility index (Phi) is 7.45. The normalized spacial score (nSPS) is 12.3. The summed E-state index contributed by atoms with van der Waals surface area (Å²) >= 11 is 0. The molecule has 152 valence electrons. The molecule has 0 saturated carbocycles. The van der Waals surface area contributed by atoms with Gasteiger partial charge in [0.25, 0.3) is 0 Å². The molecular formula is C21H28N2O4S. The largest absolute Gasteiger partial charge is 0.494 e. The summed E-state index contributed by atoms with van der Waals surface area (Å²) in [6.45, 7) is 6.28. The molecule has 0 spiro atoms. The van der Waals surface area contributed by atoms with Gasteiger partial charge in [0.05, 0.1) is 18.6 Å². The van der Waals surface area contributed by atoms with Gasteiger partial charge in [-0.05, 0) is 44.0 Å². The van der Waals surface area contributed by atoms with Crippen LogP contribution >= 0.6 is 0 Å². The van der Waals surface area contributed by atoms with Gasteiger partial charge in [0.2, 0.25) is 15.9 Å². The summed E-state index contributed by atoms with van der Waals surface area (Å²) in [5.41, 5.74) is 2.40. The standard InChI is InChI=1S/C21H28N2O4S/c1-5-17-11-13-19(14-12-17)23(28(4,25)26)16(3)21(24)22-15-18-9-7-8-10-20(18)27-6-2/h7-14,16H,5-6,15H2,1-4H3,(H,22,24). The van der Waals surface area contributed by atoms with E-state index in [4.69, 9.17) is 4.74 Å². The number of nitrogens with one attached hydrogen (secondary N) is 1. The van der Waals surface area contributed by atoms with E-state index in [9.17, 15) is 13.2 Å². The van der Waals surface area contributed by atoms with Crippen LogP contribution in [-0.2, 0) is 27.8 Å². The number of hydrogen-bond donors (Lipinski definition) is 1. The second kappa shape index (κ2) is 9.59. The zero-order valence-electron chi connectivity index (χ0n) is 16.8. The first-order valence-corrected chi connectivity index (χ1v) is 11.2. The molecule has 2 rings (SSSR count). The summed E-state index contributed by atoms with van der Waals surface area (Å²) in [4.78, 5) is 12.7. The molecule has 6 nitrogen and oxygen atoms in total. The van der Waals surface area contributed by atoms with Crippen LogP contribution in [0.15, 0.2) is 48.5 Å². The molecule has 0 fully saturated rings. The lowest BCUT2D eigenvalue weighted by atomic mass is 10.1. The van der Waals surface area contributed by atoms with Crippen LogP contribution in [0.25, 0.3) is 0 Å². The monoisotopic (exact) mass is 404 g/mol. The summed E-state index contributed by atoms with van der Waals surface area (Å²) in [5, 5.41) is 2.82. The van der Waals surface area contributed by atoms with E-state index in [2.05, 4.69) is 5.32 Å². The van der Waals surface area contributed by atoms with Crippen LogP contribution in [0.3, 0.4) is 0 Å². The summed E-state index contributed by atoms with van der Waals surface area (Å²) in [6.07, 6.45) is 1.96. The van der Waals surface area contributed by atoms with E-state index in [-0.39, 0.29) is 12.5 Å². The van der Waals surface area contributed by atoms with Crippen molar-refractivity contribution >= 4 is 21.6 Å². The third kappa shape index (κ3) is 5.48. The molecule has 0 aliphatic heterocycles. The minimum Gasteiger partial charge on any atom is -0.494 e. The van der Waals surface area contributed by atoms with Crippen molar-refractivity contribution in [3.63, 3.8) is 0 Å². The van der Waals surface area contributed by atoms with Crippen LogP contribution < -0.4 is 14.4 Å². The van der Waals surface area contributed by atoms with E-state index < -0.39 is 16.1 Å². The van der Waals surface area contributed by atoms with Crippen molar-refractivity contribution < 1.29 is 17.9 Å². The average Bonchev–Trinajstić information content (AvgIpc) is 2.67. The maximum absolute atomic E-state index is 12.7. The smallest absolute Gasteiger partial charge is 0.243 e. The lowest BCUT2D eigenvalue weighted by Gasteiger charge is -2.28. The molecule has 1 N–H and O–H groups in total. The molecule has 0 aliphatic rings. The quantitative estimate of drug-likeness (QED) is 0.697. The van der Waals surface area contributed by atoms with Crippen LogP contribution in [0, 0.1) is 0 Å². The van der Waals surface area contributed by atoms with Crippen LogP contribution in [0.2, 0.25) is 0 Å². The Morgan fingerprint density at radius 3 is 2.32 bits per heavy atom. The average molecular weight is 405 g/mol. The van der Waals surface area contributed by atoms with Crippen LogP contribution in [-0.4, -0.2) is 33.2 Å². The molecule has 0 bridgehead atoms. The zero-order valence-corrected chi connectivity index (χ0v) is 17.6. The van der Waals surface area contributed by atoms with Crippen LogP contribution in [0.1, 0.15) is 31.9 Å². The highest BCUT2D eigenvalue weighted by molar-refractivity contribution is 7.92. The van der Waals surface area contributed by atoms with Gasteiger partial charge in [-0.15, -0.1) is 0 Å².